The predicted octanol–water partition coefficient (Wildman–Crippen LogP) is 3.81. The highest BCUT2D eigenvalue weighted by Gasteiger charge is 2.20. The van der Waals surface area contributed by atoms with Crippen molar-refractivity contribution in [1.29, 1.82) is 0 Å². The van der Waals surface area contributed by atoms with Crippen LogP contribution < -0.4 is 0 Å². The van der Waals surface area contributed by atoms with Gasteiger partial charge in [0.1, 0.15) is 0 Å². The lowest BCUT2D eigenvalue weighted by Gasteiger charge is -2.11. The van der Waals surface area contributed by atoms with Crippen LogP contribution in [0.3, 0.4) is 0 Å². The molecule has 0 radical (unpaired) electrons. The first kappa shape index (κ1) is 12.1. The first-order valence-corrected chi connectivity index (χ1v) is 6.43. The van der Waals surface area contributed by atoms with Gasteiger partial charge in [-0.15, -0.1) is 11.3 Å². The fourth-order valence-corrected chi connectivity index (χ4v) is 2.55. The number of carboxylic acids is 1. The minimum absolute atomic E-state index is 0.508. The molecular weight excluding hydrogens is 256 g/mol. The fraction of sp³-hybridized carbons (Fsp3) is 0.154. The van der Waals surface area contributed by atoms with E-state index in [2.05, 4.69) is 0 Å². The molecule has 1 atom stereocenters. The molecule has 0 aliphatic heterocycles. The van der Waals surface area contributed by atoms with Crippen LogP contribution in [0.2, 0.25) is 5.02 Å². The number of benzene rings is 1. The molecule has 4 heteroatoms. The number of halogens is 1. The van der Waals surface area contributed by atoms with Gasteiger partial charge in [-0.05, 0) is 35.6 Å². The van der Waals surface area contributed by atoms with Gasteiger partial charge < -0.3 is 5.11 Å². The summed E-state index contributed by atoms with van der Waals surface area (Å²) in [6.45, 7) is 0. The number of thiophene rings is 1. The Kier molecular flexibility index (Phi) is 3.82. The highest BCUT2D eigenvalue weighted by molar-refractivity contribution is 7.09. The van der Waals surface area contributed by atoms with E-state index in [9.17, 15) is 9.90 Å². The van der Waals surface area contributed by atoms with Gasteiger partial charge in [-0.1, -0.05) is 29.8 Å². The molecule has 0 aliphatic rings. The number of carbonyl (C=O) groups is 1. The van der Waals surface area contributed by atoms with E-state index in [4.69, 9.17) is 11.6 Å². The minimum atomic E-state index is -0.805. The molecule has 1 aromatic heterocycles. The zero-order valence-electron chi connectivity index (χ0n) is 8.97. The van der Waals surface area contributed by atoms with Gasteiger partial charge in [0.15, 0.2) is 0 Å². The van der Waals surface area contributed by atoms with Crippen molar-refractivity contribution in [2.24, 2.45) is 0 Å². The van der Waals surface area contributed by atoms with Crippen LogP contribution in [-0.2, 0) is 11.2 Å². The summed E-state index contributed by atoms with van der Waals surface area (Å²) in [5.41, 5.74) is 0.787. The molecule has 2 aromatic rings. The van der Waals surface area contributed by atoms with E-state index in [1.807, 2.05) is 17.5 Å². The van der Waals surface area contributed by atoms with Gasteiger partial charge in [-0.2, -0.15) is 0 Å². The number of hydrogen-bond donors (Lipinski definition) is 1. The van der Waals surface area contributed by atoms with Gasteiger partial charge in [0.2, 0.25) is 0 Å². The number of rotatable bonds is 4. The third-order valence-corrected chi connectivity index (χ3v) is 3.71. The maximum Gasteiger partial charge on any atom is 0.311 e. The van der Waals surface area contributed by atoms with Gasteiger partial charge in [0, 0.05) is 9.90 Å². The molecule has 1 N–H and O–H groups in total. The van der Waals surface area contributed by atoms with Crippen LogP contribution in [0.4, 0.5) is 0 Å². The third-order valence-electron chi connectivity index (χ3n) is 2.56. The molecule has 0 saturated carbocycles. The van der Waals surface area contributed by atoms with E-state index in [1.165, 1.54) is 0 Å². The summed E-state index contributed by atoms with van der Waals surface area (Å²) in [6.07, 6.45) is 0.522. The molecule has 2 nitrogen and oxygen atoms in total. The molecule has 1 aromatic carbocycles. The van der Waals surface area contributed by atoms with Crippen LogP contribution in [0.5, 0.6) is 0 Å². The molecule has 0 amide bonds. The summed E-state index contributed by atoms with van der Waals surface area (Å²) in [7, 11) is 0. The smallest absolute Gasteiger partial charge is 0.311 e. The second-order valence-corrected chi connectivity index (χ2v) is 5.19. The second kappa shape index (κ2) is 5.34. The van der Waals surface area contributed by atoms with Crippen LogP contribution in [-0.4, -0.2) is 11.1 Å². The van der Waals surface area contributed by atoms with Crippen LogP contribution in [0.15, 0.2) is 41.8 Å². The summed E-state index contributed by atoms with van der Waals surface area (Å²) < 4.78 is 0. The molecule has 0 unspecified atom stereocenters. The predicted molar refractivity (Wildman–Crippen MR) is 69.9 cm³/mol. The molecule has 2 rings (SSSR count). The van der Waals surface area contributed by atoms with Crippen molar-refractivity contribution in [1.82, 2.24) is 0 Å². The summed E-state index contributed by atoms with van der Waals surface area (Å²) in [6, 6.07) is 10.9. The Bertz CT molecular complexity index is 491. The summed E-state index contributed by atoms with van der Waals surface area (Å²) in [5.74, 6) is -1.31. The molecule has 17 heavy (non-hydrogen) atoms. The van der Waals surface area contributed by atoms with Crippen molar-refractivity contribution >= 4 is 28.9 Å². The van der Waals surface area contributed by atoms with E-state index in [1.54, 1.807) is 35.6 Å². The Labute approximate surface area is 108 Å². The van der Waals surface area contributed by atoms with Crippen LogP contribution in [0, 0.1) is 0 Å². The van der Waals surface area contributed by atoms with Gasteiger partial charge in [-0.25, -0.2) is 0 Å². The molecule has 0 aliphatic carbocycles. The summed E-state index contributed by atoms with van der Waals surface area (Å²) in [5, 5.41) is 11.8. The number of aliphatic carboxylic acids is 1. The topological polar surface area (TPSA) is 37.3 Å². The average Bonchev–Trinajstić information content (AvgIpc) is 2.80. The maximum absolute atomic E-state index is 11.3. The van der Waals surface area contributed by atoms with Crippen molar-refractivity contribution in [2.45, 2.75) is 12.3 Å². The van der Waals surface area contributed by atoms with Crippen molar-refractivity contribution in [3.63, 3.8) is 0 Å². The van der Waals surface area contributed by atoms with E-state index in [-0.39, 0.29) is 0 Å². The molecule has 88 valence electrons. The lowest BCUT2D eigenvalue weighted by molar-refractivity contribution is -0.138. The third kappa shape index (κ3) is 3.08. The van der Waals surface area contributed by atoms with Crippen molar-refractivity contribution in [2.75, 3.05) is 0 Å². The summed E-state index contributed by atoms with van der Waals surface area (Å²) >= 11 is 7.37. The van der Waals surface area contributed by atoms with E-state index in [0.717, 1.165) is 10.4 Å². The average molecular weight is 267 g/mol. The van der Waals surface area contributed by atoms with E-state index < -0.39 is 11.9 Å². The largest absolute Gasteiger partial charge is 0.481 e. The molecule has 1 heterocycles. The van der Waals surface area contributed by atoms with Gasteiger partial charge in [0.05, 0.1) is 5.92 Å². The Balaban J connectivity index is 2.23. The standard InChI is InChI=1S/C13H11ClO2S/c14-10-5-3-9(4-6-10)12(13(15)16)8-11-2-1-7-17-11/h1-7,12H,8H2,(H,15,16)/t12-/m1/s1. The second-order valence-electron chi connectivity index (χ2n) is 3.73. The van der Waals surface area contributed by atoms with Crippen molar-refractivity contribution < 1.29 is 9.90 Å². The van der Waals surface area contributed by atoms with E-state index >= 15 is 0 Å². The zero-order valence-corrected chi connectivity index (χ0v) is 10.5. The highest BCUT2D eigenvalue weighted by Crippen LogP contribution is 2.24. The van der Waals surface area contributed by atoms with E-state index in [0.29, 0.717) is 11.4 Å². The van der Waals surface area contributed by atoms with Crippen LogP contribution in [0.25, 0.3) is 0 Å². The maximum atomic E-state index is 11.3. The van der Waals surface area contributed by atoms with Crippen molar-refractivity contribution in [3.05, 3.63) is 57.2 Å². The van der Waals surface area contributed by atoms with Crippen LogP contribution in [0.1, 0.15) is 16.4 Å². The van der Waals surface area contributed by atoms with Crippen molar-refractivity contribution in [3.8, 4) is 0 Å². The lowest BCUT2D eigenvalue weighted by Crippen LogP contribution is -2.13. The number of hydrogen-bond acceptors (Lipinski definition) is 2. The monoisotopic (exact) mass is 266 g/mol. The molecule has 0 spiro atoms. The minimum Gasteiger partial charge on any atom is -0.481 e. The van der Waals surface area contributed by atoms with Gasteiger partial charge >= 0.3 is 5.97 Å². The lowest BCUT2D eigenvalue weighted by atomic mass is 9.95. The summed E-state index contributed by atoms with van der Waals surface area (Å²) in [4.78, 5) is 12.4. The first-order valence-electron chi connectivity index (χ1n) is 5.17. The Hall–Kier alpha value is -1.32. The molecular formula is C13H11ClO2S. The van der Waals surface area contributed by atoms with Crippen LogP contribution >= 0.6 is 22.9 Å². The van der Waals surface area contributed by atoms with Gasteiger partial charge in [0.25, 0.3) is 0 Å². The normalized spacial score (nSPS) is 12.3. The fourth-order valence-electron chi connectivity index (χ4n) is 1.67. The SMILES string of the molecule is O=C(O)[C@H](Cc1cccs1)c1ccc(Cl)cc1. The Morgan fingerprint density at radius 3 is 2.53 bits per heavy atom. The van der Waals surface area contributed by atoms with Gasteiger partial charge in [-0.3, -0.25) is 4.79 Å². The highest BCUT2D eigenvalue weighted by atomic mass is 35.5. The Morgan fingerprint density at radius 1 is 1.29 bits per heavy atom. The molecule has 0 saturated heterocycles. The zero-order chi connectivity index (χ0) is 12.3. The number of carboxylic acid groups (broad SMARTS) is 1. The Morgan fingerprint density at radius 2 is 2.00 bits per heavy atom. The molecule has 0 fully saturated rings. The quantitative estimate of drug-likeness (QED) is 0.914. The molecule has 0 bridgehead atoms. The first-order chi connectivity index (χ1) is 8.16.